The fraction of sp³-hybridized carbons (Fsp3) is 0.950. The van der Waals surface area contributed by atoms with Gasteiger partial charge in [-0.15, -0.1) is 0 Å². The van der Waals surface area contributed by atoms with Crippen molar-refractivity contribution in [1.29, 1.82) is 0 Å². The van der Waals surface area contributed by atoms with E-state index in [-0.39, 0.29) is 0 Å². The third kappa shape index (κ3) is 13.0. The van der Waals surface area contributed by atoms with Gasteiger partial charge in [-0.3, -0.25) is 9.59 Å². The topological polar surface area (TPSA) is 524 Å². The summed E-state index contributed by atoms with van der Waals surface area (Å²) in [6, 6.07) is -3.19. The highest BCUT2D eigenvalue weighted by Gasteiger charge is 2.57. The van der Waals surface area contributed by atoms with Gasteiger partial charge in [-0.25, -0.2) is 0 Å². The molecule has 424 valence electrons. The molecule has 6 aliphatic rings. The zero-order valence-electron chi connectivity index (χ0n) is 38.9. The molecule has 0 spiro atoms. The maximum absolute atomic E-state index is 12.4. The van der Waals surface area contributed by atoms with E-state index >= 15 is 0 Å². The number of ether oxygens (including phenoxy) is 11. The van der Waals surface area contributed by atoms with Crippen LogP contribution in [0.4, 0.5) is 0 Å². The van der Waals surface area contributed by atoms with E-state index in [4.69, 9.17) is 52.1 Å². The van der Waals surface area contributed by atoms with Crippen LogP contribution < -0.4 is 10.6 Å². The summed E-state index contributed by atoms with van der Waals surface area (Å²) >= 11 is 0. The lowest BCUT2D eigenvalue weighted by Crippen LogP contribution is -2.70. The van der Waals surface area contributed by atoms with Crippen LogP contribution >= 0.6 is 0 Å². The molecule has 2 amide bonds. The Hall–Kier alpha value is -2.22. The average molecular weight is 1070 g/mol. The van der Waals surface area contributed by atoms with E-state index in [0.29, 0.717) is 0 Å². The summed E-state index contributed by atoms with van der Waals surface area (Å²) in [5.74, 6) is -1.50. The van der Waals surface area contributed by atoms with Crippen LogP contribution in [0.3, 0.4) is 0 Å². The molecule has 6 fully saturated rings. The second kappa shape index (κ2) is 26.0. The number of rotatable bonds is 18. The summed E-state index contributed by atoms with van der Waals surface area (Å²) in [5, 5.41) is 196. The average Bonchev–Trinajstić information content (AvgIpc) is 3.35. The van der Waals surface area contributed by atoms with Crippen LogP contribution in [0.25, 0.3) is 0 Å². The van der Waals surface area contributed by atoms with E-state index in [2.05, 4.69) is 10.6 Å². The maximum atomic E-state index is 12.4. The second-order valence-corrected chi connectivity index (χ2v) is 18.3. The summed E-state index contributed by atoms with van der Waals surface area (Å²) in [5.41, 5.74) is 0. The molecule has 6 aliphatic heterocycles. The van der Waals surface area contributed by atoms with E-state index in [9.17, 15) is 102 Å². The van der Waals surface area contributed by atoms with Gasteiger partial charge in [0.05, 0.1) is 39.6 Å². The van der Waals surface area contributed by atoms with Gasteiger partial charge in [0, 0.05) is 13.8 Å². The van der Waals surface area contributed by atoms with Crippen molar-refractivity contribution in [2.24, 2.45) is 0 Å². The largest absolute Gasteiger partial charge is 0.394 e. The summed E-state index contributed by atoms with van der Waals surface area (Å²) in [6.45, 7) is -3.50. The van der Waals surface area contributed by atoms with E-state index in [1.165, 1.54) is 0 Å². The molecule has 33 nitrogen and oxygen atoms in total. The van der Waals surface area contributed by atoms with Crippen molar-refractivity contribution in [1.82, 2.24) is 10.6 Å². The SMILES string of the molecule is CC(=O)N[C@H]1[C@H](O[C@H]2[C@H](O)[C@@H](NC(C)=O)C(O)O[C@@H]2CO)O[C@H](CO)[C@@H](O[C@@H]2O[C@H](CO[C@H]3O[C@H](CO)[C@@H](O)[C@H](O[C@H]4O[C@H](CO)[C@@H](O)[C@H](O)[C@@H]4O[C@H]4O[C@H](CO)[C@@H](O)[C@H](O)[C@@H]4O)[C@@H]3O)[C@@H](O)[C@H](O)[C@@H]2O)[C@@H]1O. The van der Waals surface area contributed by atoms with Crippen LogP contribution in [0.15, 0.2) is 0 Å². The molecule has 6 rings (SSSR count). The third-order valence-corrected chi connectivity index (χ3v) is 13.2. The highest BCUT2D eigenvalue weighted by atomic mass is 16.8. The number of hydrogen-bond acceptors (Lipinski definition) is 31. The zero-order chi connectivity index (χ0) is 53.9. The fourth-order valence-corrected chi connectivity index (χ4v) is 9.20. The first-order valence-electron chi connectivity index (χ1n) is 23.1. The fourth-order valence-electron chi connectivity index (χ4n) is 9.20. The van der Waals surface area contributed by atoms with Gasteiger partial charge >= 0.3 is 0 Å². The molecule has 20 N–H and O–H groups in total. The van der Waals surface area contributed by atoms with Crippen molar-refractivity contribution in [2.75, 3.05) is 39.6 Å². The summed E-state index contributed by atoms with van der Waals surface area (Å²) in [6.07, 6.45) is -52.9. The van der Waals surface area contributed by atoms with E-state index in [1.807, 2.05) is 0 Å². The Morgan fingerprint density at radius 1 is 0.356 bits per heavy atom. The number of amides is 2. The Morgan fingerprint density at radius 2 is 0.740 bits per heavy atom. The zero-order valence-corrected chi connectivity index (χ0v) is 38.9. The number of carbonyl (C=O) groups is 2. The van der Waals surface area contributed by atoms with E-state index in [0.717, 1.165) is 13.8 Å². The minimum atomic E-state index is -2.15. The molecule has 0 aromatic rings. The van der Waals surface area contributed by atoms with Crippen molar-refractivity contribution in [3.05, 3.63) is 0 Å². The van der Waals surface area contributed by atoms with Gasteiger partial charge in [0.25, 0.3) is 0 Å². The van der Waals surface area contributed by atoms with Crippen molar-refractivity contribution in [3.63, 3.8) is 0 Å². The predicted octanol–water partition coefficient (Wildman–Crippen LogP) is -13.8. The van der Waals surface area contributed by atoms with Crippen LogP contribution in [0, 0.1) is 0 Å². The molecule has 6 saturated heterocycles. The van der Waals surface area contributed by atoms with Gasteiger partial charge in [-0.1, -0.05) is 0 Å². The molecular weight excluding hydrogens is 1000 g/mol. The Kier molecular flexibility index (Phi) is 21.3. The Morgan fingerprint density at radius 3 is 1.27 bits per heavy atom. The Balaban J connectivity index is 1.16. The van der Waals surface area contributed by atoms with Crippen LogP contribution in [-0.2, 0) is 61.7 Å². The summed E-state index contributed by atoms with van der Waals surface area (Å²) in [7, 11) is 0. The van der Waals surface area contributed by atoms with Crippen LogP contribution in [0.2, 0.25) is 0 Å². The molecule has 0 saturated carbocycles. The van der Waals surface area contributed by atoms with Gasteiger partial charge in [-0.05, 0) is 0 Å². The molecule has 30 atom stereocenters. The number of hydrogen-bond donors (Lipinski definition) is 20. The molecule has 73 heavy (non-hydrogen) atoms. The first kappa shape index (κ1) is 60.0. The Labute approximate surface area is 413 Å². The molecule has 0 radical (unpaired) electrons. The third-order valence-electron chi connectivity index (χ3n) is 13.2. The van der Waals surface area contributed by atoms with Crippen LogP contribution in [-0.4, -0.2) is 327 Å². The van der Waals surface area contributed by atoms with Gasteiger partial charge in [0.2, 0.25) is 11.8 Å². The molecule has 33 heteroatoms. The maximum Gasteiger partial charge on any atom is 0.217 e. The lowest BCUT2D eigenvalue weighted by molar-refractivity contribution is -0.391. The smallest absolute Gasteiger partial charge is 0.217 e. The molecule has 1 unspecified atom stereocenters. The number of aliphatic hydroxyl groups is 18. The predicted molar refractivity (Wildman–Crippen MR) is 222 cm³/mol. The Bertz CT molecular complexity index is 1750. The molecule has 6 heterocycles. The van der Waals surface area contributed by atoms with E-state index < -0.39 is 236 Å². The van der Waals surface area contributed by atoms with Gasteiger partial charge in [-0.2, -0.15) is 0 Å². The van der Waals surface area contributed by atoms with Gasteiger partial charge < -0.3 is 155 Å². The van der Waals surface area contributed by atoms with Crippen LogP contribution in [0.5, 0.6) is 0 Å². The van der Waals surface area contributed by atoms with Gasteiger partial charge in [0.1, 0.15) is 146 Å². The lowest BCUT2D eigenvalue weighted by atomic mass is 9.94. The molecular formula is C40H68N2O31. The quantitative estimate of drug-likeness (QED) is 0.0606. The highest BCUT2D eigenvalue weighted by molar-refractivity contribution is 5.73. The normalized spacial score (nSPS) is 49.8. The monoisotopic (exact) mass is 1070 g/mol. The summed E-state index contributed by atoms with van der Waals surface area (Å²) in [4.78, 5) is 24.2. The molecule has 0 aromatic heterocycles. The van der Waals surface area contributed by atoms with Crippen LogP contribution in [0.1, 0.15) is 13.8 Å². The molecule has 0 aromatic carbocycles. The number of aliphatic hydroxyl groups excluding tert-OH is 18. The van der Waals surface area contributed by atoms with Crippen molar-refractivity contribution in [2.45, 2.75) is 198 Å². The highest BCUT2D eigenvalue weighted by Crippen LogP contribution is 2.36. The lowest BCUT2D eigenvalue weighted by Gasteiger charge is -2.49. The van der Waals surface area contributed by atoms with E-state index in [1.54, 1.807) is 0 Å². The van der Waals surface area contributed by atoms with Crippen molar-refractivity contribution < 1.29 is 154 Å². The van der Waals surface area contributed by atoms with Crippen molar-refractivity contribution in [3.8, 4) is 0 Å². The number of carbonyl (C=O) groups excluding carboxylic acids is 2. The number of nitrogens with one attached hydrogen (secondary N) is 2. The van der Waals surface area contributed by atoms with Gasteiger partial charge in [0.15, 0.2) is 37.7 Å². The molecule has 0 bridgehead atoms. The standard InChI is InChI=1S/C40H68N2O31/c1-9(48)41-17-23(54)31(14(6-46)64-35(17)62)70-36-18(42-10(2)49)24(55)32(15(7-47)68-36)71-39-29(60)26(57)21(52)16(69-39)8-63-37-30(61)33(22(53)13(5-45)65-37)72-40-34(27(58)20(51)12(4-44)67-40)73-38-28(59)25(56)19(50)11(3-43)66-38/h11-40,43-47,50-62H,3-8H2,1-2H3,(H,41,48)(H,42,49)/t11-,12-,13-,14-,15-,16-,17-,18-,19-,20-,21-,22-,23-,24-,25+,26+,27+,28+,29+,30+,31-,32-,33+,34+,35?,36+,37+,38-,39+,40-/m1/s1. The van der Waals surface area contributed by atoms with Crippen molar-refractivity contribution >= 4 is 11.8 Å². The summed E-state index contributed by atoms with van der Waals surface area (Å²) < 4.78 is 62.3. The second-order valence-electron chi connectivity index (χ2n) is 18.3. The minimum Gasteiger partial charge on any atom is -0.394 e. The first-order valence-corrected chi connectivity index (χ1v) is 23.1. The minimum absolute atomic E-state index is 0.699. The first-order chi connectivity index (χ1) is 34.5. The molecule has 0 aliphatic carbocycles.